The van der Waals surface area contributed by atoms with Crippen molar-refractivity contribution in [3.8, 4) is 16.9 Å². The summed E-state index contributed by atoms with van der Waals surface area (Å²) < 4.78 is 30.0. The monoisotopic (exact) mass is 483 g/mol. The zero-order valence-corrected chi connectivity index (χ0v) is 19.9. The van der Waals surface area contributed by atoms with E-state index in [0.717, 1.165) is 11.1 Å². The van der Waals surface area contributed by atoms with Crippen LogP contribution in [0.1, 0.15) is 13.8 Å². The van der Waals surface area contributed by atoms with Crippen molar-refractivity contribution in [2.24, 2.45) is 0 Å². The predicted octanol–water partition coefficient (Wildman–Crippen LogP) is 2.75. The molecule has 0 saturated carbocycles. The van der Waals surface area contributed by atoms with Crippen molar-refractivity contribution < 1.29 is 22.7 Å². The lowest BCUT2D eigenvalue weighted by molar-refractivity contribution is -0.117. The Morgan fingerprint density at radius 2 is 1.94 bits per heavy atom. The molecule has 0 aliphatic carbocycles. The summed E-state index contributed by atoms with van der Waals surface area (Å²) in [4.78, 5) is 32.6. The van der Waals surface area contributed by atoms with E-state index in [-0.39, 0.29) is 30.8 Å². The first-order chi connectivity index (χ1) is 16.1. The molecule has 3 heterocycles. The average Bonchev–Trinajstić information content (AvgIpc) is 3.26. The summed E-state index contributed by atoms with van der Waals surface area (Å²) in [6.07, 6.45) is 7.03. The van der Waals surface area contributed by atoms with Gasteiger partial charge in [0, 0.05) is 37.7 Å². The highest BCUT2D eigenvalue weighted by Crippen LogP contribution is 2.39. The summed E-state index contributed by atoms with van der Waals surface area (Å²) >= 11 is 0. The first kappa shape index (κ1) is 23.4. The van der Waals surface area contributed by atoms with Gasteiger partial charge in [-0.25, -0.2) is 13.2 Å². The molecule has 0 bridgehead atoms. The first-order valence-electron chi connectivity index (χ1n) is 10.7. The third-order valence-electron chi connectivity index (χ3n) is 5.47. The van der Waals surface area contributed by atoms with Crippen molar-refractivity contribution >= 4 is 33.2 Å². The minimum atomic E-state index is -3.11. The molecular formula is C23H25N5O5S. The van der Waals surface area contributed by atoms with E-state index in [1.165, 1.54) is 24.3 Å². The summed E-state index contributed by atoms with van der Waals surface area (Å²) in [5.74, 6) is 0.173. The summed E-state index contributed by atoms with van der Waals surface area (Å²) in [6.45, 7) is 3.85. The Labute approximate surface area is 197 Å². The highest BCUT2D eigenvalue weighted by atomic mass is 32.2. The number of amides is 2. The molecule has 11 heteroatoms. The fourth-order valence-corrected chi connectivity index (χ4v) is 4.43. The van der Waals surface area contributed by atoms with Crippen molar-refractivity contribution in [2.75, 3.05) is 28.4 Å². The van der Waals surface area contributed by atoms with Gasteiger partial charge in [-0.05, 0) is 36.8 Å². The number of fused-ring (bicyclic) bond motifs is 1. The van der Waals surface area contributed by atoms with Crippen LogP contribution in [0.4, 0.5) is 16.2 Å². The molecule has 34 heavy (non-hydrogen) atoms. The van der Waals surface area contributed by atoms with Crippen molar-refractivity contribution in [3.05, 3.63) is 55.1 Å². The highest BCUT2D eigenvalue weighted by Gasteiger charge is 2.35. The van der Waals surface area contributed by atoms with E-state index in [4.69, 9.17) is 4.74 Å². The molecule has 1 aromatic carbocycles. The molecule has 1 aliphatic rings. The largest absolute Gasteiger partial charge is 0.419 e. The highest BCUT2D eigenvalue weighted by molar-refractivity contribution is 7.90. The van der Waals surface area contributed by atoms with Crippen LogP contribution in [0.15, 0.2) is 55.1 Å². The van der Waals surface area contributed by atoms with Gasteiger partial charge in [0.15, 0.2) is 5.75 Å². The van der Waals surface area contributed by atoms with Gasteiger partial charge in [-0.2, -0.15) is 5.10 Å². The maximum Gasteiger partial charge on any atom is 0.419 e. The Balaban J connectivity index is 1.68. The molecule has 2 aromatic heterocycles. The number of pyridine rings is 1. The number of carbonyl (C=O) groups excluding carboxylic acids is 2. The van der Waals surface area contributed by atoms with Crippen molar-refractivity contribution in [3.63, 3.8) is 0 Å². The predicted molar refractivity (Wildman–Crippen MR) is 128 cm³/mol. The van der Waals surface area contributed by atoms with Crippen LogP contribution in [0, 0.1) is 0 Å². The molecule has 0 radical (unpaired) electrons. The third-order valence-corrected chi connectivity index (χ3v) is 6.39. The molecule has 0 N–H and O–H groups in total. The maximum absolute atomic E-state index is 13.1. The number of carbonyl (C=O) groups is 2. The average molecular weight is 484 g/mol. The number of hydrogen-bond donors (Lipinski definition) is 0. The molecule has 1 atom stereocenters. The standard InChI is InChI=1S/C23H25N5O5S/c1-16-14-27(23(30)33-20-5-4-8-24-13-20)22-11-18(6-7-21(22)28(16)17(2)29)19-12-25-26(15-19)9-10-34(3,31)32/h4-8,11-13,15-16H,9-10,14H2,1-3H3/t16-/m0/s1. The van der Waals surface area contributed by atoms with Crippen molar-refractivity contribution in [1.29, 1.82) is 0 Å². The van der Waals surface area contributed by atoms with Gasteiger partial charge >= 0.3 is 6.09 Å². The zero-order valence-electron chi connectivity index (χ0n) is 19.1. The number of aromatic nitrogens is 3. The van der Waals surface area contributed by atoms with Gasteiger partial charge in [0.1, 0.15) is 9.84 Å². The molecule has 10 nitrogen and oxygen atoms in total. The number of benzene rings is 1. The normalized spacial score (nSPS) is 15.7. The number of hydrogen-bond acceptors (Lipinski definition) is 7. The quantitative estimate of drug-likeness (QED) is 0.548. The summed E-state index contributed by atoms with van der Waals surface area (Å²) in [5, 5.41) is 4.25. The lowest BCUT2D eigenvalue weighted by atomic mass is 10.0. The van der Waals surface area contributed by atoms with E-state index >= 15 is 0 Å². The van der Waals surface area contributed by atoms with Crippen LogP contribution in [0.25, 0.3) is 11.1 Å². The van der Waals surface area contributed by atoms with E-state index in [9.17, 15) is 18.0 Å². The number of aryl methyl sites for hydroxylation is 1. The van der Waals surface area contributed by atoms with Gasteiger partial charge in [-0.15, -0.1) is 0 Å². The van der Waals surface area contributed by atoms with Gasteiger partial charge in [-0.3, -0.25) is 19.4 Å². The second-order valence-electron chi connectivity index (χ2n) is 8.23. The Hall–Kier alpha value is -3.73. The lowest BCUT2D eigenvalue weighted by Gasteiger charge is -2.40. The first-order valence-corrected chi connectivity index (χ1v) is 12.7. The van der Waals surface area contributed by atoms with Gasteiger partial charge in [-0.1, -0.05) is 6.07 Å². The molecule has 3 aromatic rings. The smallest absolute Gasteiger partial charge is 0.408 e. The zero-order chi connectivity index (χ0) is 24.5. The van der Waals surface area contributed by atoms with Crippen LogP contribution >= 0.6 is 0 Å². The topological polar surface area (TPSA) is 115 Å². The van der Waals surface area contributed by atoms with E-state index in [2.05, 4.69) is 10.1 Å². The number of rotatable bonds is 5. The van der Waals surface area contributed by atoms with Crippen molar-refractivity contribution in [2.45, 2.75) is 26.4 Å². The molecule has 0 saturated heterocycles. The van der Waals surface area contributed by atoms with Crippen LogP contribution in [0.2, 0.25) is 0 Å². The van der Waals surface area contributed by atoms with Crippen LogP contribution in [-0.4, -0.2) is 59.8 Å². The molecule has 0 fully saturated rings. The second kappa shape index (κ2) is 9.26. The number of ether oxygens (including phenoxy) is 1. The Kier molecular flexibility index (Phi) is 6.38. The minimum Gasteiger partial charge on any atom is -0.408 e. The Bertz CT molecular complexity index is 1320. The maximum atomic E-state index is 13.1. The number of nitrogens with zero attached hydrogens (tertiary/aromatic N) is 5. The van der Waals surface area contributed by atoms with Gasteiger partial charge in [0.2, 0.25) is 5.91 Å². The number of anilines is 2. The van der Waals surface area contributed by atoms with Crippen LogP contribution in [0.5, 0.6) is 5.75 Å². The Morgan fingerprint density at radius 3 is 2.62 bits per heavy atom. The fourth-order valence-electron chi connectivity index (χ4n) is 3.92. The van der Waals surface area contributed by atoms with Crippen LogP contribution in [0.3, 0.4) is 0 Å². The molecular weight excluding hydrogens is 458 g/mol. The van der Waals surface area contributed by atoms with Gasteiger partial charge in [0.25, 0.3) is 0 Å². The second-order valence-corrected chi connectivity index (χ2v) is 10.5. The molecule has 2 amide bonds. The number of sulfone groups is 1. The van der Waals surface area contributed by atoms with Crippen LogP contribution in [-0.2, 0) is 21.2 Å². The van der Waals surface area contributed by atoms with Crippen molar-refractivity contribution in [1.82, 2.24) is 14.8 Å². The Morgan fingerprint density at radius 1 is 1.15 bits per heavy atom. The van der Waals surface area contributed by atoms with Gasteiger partial charge in [0.05, 0.1) is 42.1 Å². The SMILES string of the molecule is CC(=O)N1c2ccc(-c3cnn(CCS(C)(=O)=O)c3)cc2N(C(=O)Oc2cccnc2)C[C@@H]1C. The molecule has 178 valence electrons. The third kappa shape index (κ3) is 5.09. The van der Waals surface area contributed by atoms with Crippen LogP contribution < -0.4 is 14.5 Å². The molecule has 4 rings (SSSR count). The fraction of sp³-hybridized carbons (Fsp3) is 0.304. The van der Waals surface area contributed by atoms with E-state index in [1.807, 2.05) is 13.0 Å². The minimum absolute atomic E-state index is 0.0161. The van der Waals surface area contributed by atoms with E-state index in [0.29, 0.717) is 17.1 Å². The summed E-state index contributed by atoms with van der Waals surface area (Å²) in [6, 6.07) is 8.50. The molecule has 0 spiro atoms. The summed E-state index contributed by atoms with van der Waals surface area (Å²) in [7, 11) is -3.11. The van der Waals surface area contributed by atoms with Gasteiger partial charge < -0.3 is 9.64 Å². The van der Waals surface area contributed by atoms with E-state index < -0.39 is 15.9 Å². The summed E-state index contributed by atoms with van der Waals surface area (Å²) in [5.41, 5.74) is 2.65. The molecule has 1 aliphatic heterocycles. The lowest BCUT2D eigenvalue weighted by Crippen LogP contribution is -2.52. The van der Waals surface area contributed by atoms with E-state index in [1.54, 1.807) is 52.4 Å². The molecule has 0 unspecified atom stereocenters.